The first-order chi connectivity index (χ1) is 12.4. The van der Waals surface area contributed by atoms with Crippen LogP contribution in [0.5, 0.6) is 0 Å². The average molecular weight is 329 g/mol. The molecule has 0 bridgehead atoms. The zero-order valence-corrected chi connectivity index (χ0v) is 14.9. The third-order valence-corrected chi connectivity index (χ3v) is 3.61. The second-order valence-electron chi connectivity index (χ2n) is 5.47. The maximum absolute atomic E-state index is 5.42. The zero-order chi connectivity index (χ0) is 18.0. The van der Waals surface area contributed by atoms with Crippen LogP contribution in [0.4, 0.5) is 0 Å². The second kappa shape index (κ2) is 14.6. The highest BCUT2D eigenvalue weighted by Gasteiger charge is 2.08. The van der Waals surface area contributed by atoms with Crippen molar-refractivity contribution in [3.05, 3.63) is 17.8 Å². The molecule has 25 heavy (non-hydrogen) atoms. The van der Waals surface area contributed by atoms with E-state index in [2.05, 4.69) is 58.3 Å². The summed E-state index contributed by atoms with van der Waals surface area (Å²) in [6, 6.07) is 0. The lowest BCUT2D eigenvalue weighted by Gasteiger charge is -1.98. The highest BCUT2D eigenvalue weighted by molar-refractivity contribution is 5.41. The summed E-state index contributed by atoms with van der Waals surface area (Å²) in [5.74, 6) is 23.1. The van der Waals surface area contributed by atoms with Gasteiger partial charge in [-0.1, -0.05) is 38.0 Å². The third kappa shape index (κ3) is 10.4. The fraction of sp³-hybridized carbons (Fsp3) is 0.435. The minimum absolute atomic E-state index is 1.09. The molecular weight excluding hydrogens is 306 g/mol. The molecule has 0 N–H and O–H groups in total. The van der Waals surface area contributed by atoms with Crippen molar-refractivity contribution in [1.82, 2.24) is 4.98 Å². The van der Waals surface area contributed by atoms with Crippen LogP contribution in [0.3, 0.4) is 0 Å². The fourth-order valence-electron chi connectivity index (χ4n) is 2.42. The summed E-state index contributed by atoms with van der Waals surface area (Å²) in [6.07, 6.45) is 18.1. The Bertz CT molecular complexity index is 767. The number of aromatic nitrogens is 1. The van der Waals surface area contributed by atoms with Gasteiger partial charge in [0, 0.05) is 6.42 Å². The second-order valence-corrected chi connectivity index (χ2v) is 5.47. The van der Waals surface area contributed by atoms with Crippen molar-refractivity contribution in [3.8, 4) is 59.7 Å². The molecule has 0 radical (unpaired) electrons. The molecule has 0 unspecified atom stereocenters. The number of rotatable bonds is 0. The Kier molecular flexibility index (Phi) is 11.7. The van der Waals surface area contributed by atoms with Crippen LogP contribution in [0.15, 0.2) is 10.8 Å². The molecule has 0 saturated heterocycles. The van der Waals surface area contributed by atoms with E-state index in [0.717, 1.165) is 18.6 Å². The summed E-state index contributed by atoms with van der Waals surface area (Å²) in [7, 11) is 0. The van der Waals surface area contributed by atoms with Crippen LogP contribution in [0, 0.1) is 59.7 Å². The summed E-state index contributed by atoms with van der Waals surface area (Å²) in [6.45, 7) is 1.71. The highest BCUT2D eigenvalue weighted by Crippen LogP contribution is 2.17. The maximum Gasteiger partial charge on any atom is 0.181 e. The van der Waals surface area contributed by atoms with Gasteiger partial charge >= 0.3 is 0 Å². The quantitative estimate of drug-likeness (QED) is 0.668. The summed E-state index contributed by atoms with van der Waals surface area (Å²) in [5, 5.41) is 0. The maximum atomic E-state index is 5.42. The summed E-state index contributed by atoms with van der Waals surface area (Å²) < 4.78 is 5.42. The first kappa shape index (κ1) is 20.1. The van der Waals surface area contributed by atoms with E-state index >= 15 is 0 Å². The number of terminal acetylenes is 1. The van der Waals surface area contributed by atoms with Crippen LogP contribution >= 0.6 is 0 Å². The van der Waals surface area contributed by atoms with Crippen LogP contribution in [0.1, 0.15) is 63.3 Å². The number of hydrogen-bond acceptors (Lipinski definition) is 2. The average Bonchev–Trinajstić information content (AvgIpc) is 3.05. The number of oxazole rings is 1. The van der Waals surface area contributed by atoms with Gasteiger partial charge in [-0.3, -0.25) is 0 Å². The van der Waals surface area contributed by atoms with Crippen molar-refractivity contribution in [1.29, 1.82) is 0 Å². The van der Waals surface area contributed by atoms with Gasteiger partial charge in [0.1, 0.15) is 5.76 Å². The van der Waals surface area contributed by atoms with Crippen molar-refractivity contribution >= 4 is 0 Å². The smallest absolute Gasteiger partial charge is 0.181 e. The summed E-state index contributed by atoms with van der Waals surface area (Å²) in [4.78, 5) is 4.29. The van der Waals surface area contributed by atoms with Crippen molar-refractivity contribution in [2.45, 2.75) is 64.7 Å². The normalized spacial score (nSPS) is 12.6. The molecule has 126 valence electrons. The van der Waals surface area contributed by atoms with E-state index < -0.39 is 0 Å². The minimum atomic E-state index is 1.09. The molecule has 1 aromatic heterocycles. The number of nitrogens with zero attached hydrogens (tertiary/aromatic N) is 1. The van der Waals surface area contributed by atoms with Crippen molar-refractivity contribution in [3.63, 3.8) is 0 Å². The van der Waals surface area contributed by atoms with Gasteiger partial charge in [-0.2, -0.15) is 0 Å². The van der Waals surface area contributed by atoms with Gasteiger partial charge in [-0.15, -0.1) is 6.42 Å². The number of hydrogen-bond donors (Lipinski definition) is 0. The Balaban J connectivity index is 0.000000260. The van der Waals surface area contributed by atoms with Crippen molar-refractivity contribution < 1.29 is 4.42 Å². The topological polar surface area (TPSA) is 26.0 Å². The summed E-state index contributed by atoms with van der Waals surface area (Å²) in [5.41, 5.74) is 1.21. The summed E-state index contributed by atoms with van der Waals surface area (Å²) >= 11 is 0. The zero-order valence-electron chi connectivity index (χ0n) is 14.9. The van der Waals surface area contributed by atoms with E-state index in [9.17, 15) is 0 Å². The lowest BCUT2D eigenvalue weighted by Crippen LogP contribution is -1.92. The Hall–Kier alpha value is -2.99. The molecule has 0 spiro atoms. The highest BCUT2D eigenvalue weighted by atomic mass is 16.3. The number of fused-ring (bicyclic) bond motifs is 1. The fourth-order valence-corrected chi connectivity index (χ4v) is 2.42. The van der Waals surface area contributed by atoms with E-state index in [1.54, 1.807) is 13.3 Å². The van der Waals surface area contributed by atoms with E-state index in [1.807, 2.05) is 0 Å². The van der Waals surface area contributed by atoms with Gasteiger partial charge in [0.2, 0.25) is 0 Å². The Morgan fingerprint density at radius 2 is 1.36 bits per heavy atom. The predicted molar refractivity (Wildman–Crippen MR) is 102 cm³/mol. The van der Waals surface area contributed by atoms with Crippen LogP contribution in [0.25, 0.3) is 0 Å². The van der Waals surface area contributed by atoms with E-state index in [-0.39, 0.29) is 0 Å². The molecule has 2 rings (SSSR count). The molecule has 0 fully saturated rings. The molecule has 0 atom stereocenters. The van der Waals surface area contributed by atoms with Gasteiger partial charge in [0.15, 0.2) is 6.39 Å². The lowest BCUT2D eigenvalue weighted by molar-refractivity contribution is 0.486. The molecular formula is C23H23NO. The van der Waals surface area contributed by atoms with Gasteiger partial charge in [0.05, 0.1) is 5.69 Å². The molecule has 0 saturated carbocycles. The van der Waals surface area contributed by atoms with Gasteiger partial charge in [0.25, 0.3) is 0 Å². The monoisotopic (exact) mass is 329 g/mol. The molecule has 1 aliphatic carbocycles. The first-order valence-corrected chi connectivity index (χ1v) is 8.67. The van der Waals surface area contributed by atoms with Gasteiger partial charge < -0.3 is 4.42 Å². The van der Waals surface area contributed by atoms with Crippen LogP contribution in [-0.4, -0.2) is 4.98 Å². The van der Waals surface area contributed by atoms with Crippen LogP contribution in [0.2, 0.25) is 0 Å². The SMILES string of the molecule is C#CC#CC#CC#CC#CC.c1nc2c(o1)CCCCCCCCC2. The largest absolute Gasteiger partial charge is 0.448 e. The molecule has 1 aliphatic rings. The first-order valence-electron chi connectivity index (χ1n) is 8.67. The predicted octanol–water partition coefficient (Wildman–Crippen LogP) is 4.16. The van der Waals surface area contributed by atoms with Gasteiger partial charge in [-0.25, -0.2) is 4.98 Å². The minimum Gasteiger partial charge on any atom is -0.448 e. The standard InChI is InChI=1S/C12H19NO.C11H4/c1-2-4-6-8-11-12(14-10-13-11)9-7-5-3-1;1-3-5-7-9-11-10-8-6-4-2/h10H,1-9H2;1H,2H3. The number of aryl methyl sites for hydroxylation is 2. The molecule has 1 heterocycles. The van der Waals surface area contributed by atoms with Crippen LogP contribution < -0.4 is 0 Å². The molecule has 0 amide bonds. The van der Waals surface area contributed by atoms with E-state index in [0.29, 0.717) is 0 Å². The molecule has 2 heteroatoms. The van der Waals surface area contributed by atoms with Crippen molar-refractivity contribution in [2.75, 3.05) is 0 Å². The molecule has 0 aliphatic heterocycles. The van der Waals surface area contributed by atoms with E-state index in [1.165, 1.54) is 50.6 Å². The Morgan fingerprint density at radius 1 is 0.800 bits per heavy atom. The third-order valence-electron chi connectivity index (χ3n) is 3.61. The van der Waals surface area contributed by atoms with Gasteiger partial charge in [-0.05, 0) is 73.5 Å². The van der Waals surface area contributed by atoms with Crippen LogP contribution in [-0.2, 0) is 12.8 Å². The van der Waals surface area contributed by atoms with Crippen molar-refractivity contribution in [2.24, 2.45) is 0 Å². The molecule has 2 nitrogen and oxygen atoms in total. The van der Waals surface area contributed by atoms with E-state index in [4.69, 9.17) is 10.8 Å². The Morgan fingerprint density at radius 3 is 2.00 bits per heavy atom. The Labute approximate surface area is 152 Å². The molecule has 0 aromatic carbocycles. The molecule has 1 aromatic rings. The lowest BCUT2D eigenvalue weighted by atomic mass is 10.1.